The summed E-state index contributed by atoms with van der Waals surface area (Å²) in [7, 11) is 0. The zero-order valence-corrected chi connectivity index (χ0v) is 21.5. The van der Waals surface area contributed by atoms with E-state index in [1.807, 2.05) is 17.6 Å². The first-order chi connectivity index (χ1) is 17.0. The minimum absolute atomic E-state index is 0.129. The van der Waals surface area contributed by atoms with Crippen LogP contribution in [0, 0.1) is 23.2 Å². The Balaban J connectivity index is 1.17. The van der Waals surface area contributed by atoms with Crippen LogP contribution in [0.1, 0.15) is 68.5 Å². The van der Waals surface area contributed by atoms with Crippen LogP contribution < -0.4 is 0 Å². The number of rotatable bonds is 2. The highest BCUT2D eigenvalue weighted by molar-refractivity contribution is 7.15. The van der Waals surface area contributed by atoms with Gasteiger partial charge in [0.15, 0.2) is 0 Å². The molecular weight excluding hydrogens is 448 g/mol. The van der Waals surface area contributed by atoms with E-state index in [9.17, 15) is 5.11 Å². The quantitative estimate of drug-likeness (QED) is 0.306. The van der Waals surface area contributed by atoms with Gasteiger partial charge in [0.05, 0.1) is 11.8 Å². The third kappa shape index (κ3) is 3.25. The molecule has 1 aromatic heterocycles. The normalized spacial score (nSPS) is 35.9. The van der Waals surface area contributed by atoms with Crippen LogP contribution in [-0.2, 0) is 11.8 Å². The van der Waals surface area contributed by atoms with Crippen molar-refractivity contribution in [3.05, 3.63) is 70.2 Å². The smallest absolute Gasteiger partial charge is 0.209 e. The minimum atomic E-state index is -0.129. The zero-order chi connectivity index (χ0) is 23.8. The van der Waals surface area contributed by atoms with E-state index in [1.54, 1.807) is 5.57 Å². The second-order valence-corrected chi connectivity index (χ2v) is 13.0. The average molecular weight is 483 g/mol. The number of thiazole rings is 1. The van der Waals surface area contributed by atoms with Gasteiger partial charge in [-0.1, -0.05) is 79.3 Å². The van der Waals surface area contributed by atoms with Crippen molar-refractivity contribution in [2.75, 3.05) is 0 Å². The molecule has 4 aliphatic carbocycles. The van der Waals surface area contributed by atoms with Crippen molar-refractivity contribution in [2.24, 2.45) is 28.2 Å². The molecule has 2 saturated carbocycles. The highest BCUT2D eigenvalue weighted by atomic mass is 32.1. The molecule has 0 radical (unpaired) electrons. The zero-order valence-electron chi connectivity index (χ0n) is 20.7. The summed E-state index contributed by atoms with van der Waals surface area (Å²) < 4.78 is 0. The van der Waals surface area contributed by atoms with Crippen molar-refractivity contribution >= 4 is 33.5 Å². The standard InChI is InChI=1S/C31H34N2OS/c1-30-14-12-22(34)16-21(30)10-11-24-25(30)13-15-31(2)26(24)17-27-28(31)33-29(35-27)32-18-20-8-5-7-19-6-3-4-9-23(19)20/h3-10,18,22,24-26,34H,11-17H2,1-2H3/b32-18+/t22-,24?,25?,26?,30-,31-/m0/s1. The van der Waals surface area contributed by atoms with Crippen molar-refractivity contribution in [1.29, 1.82) is 0 Å². The molecule has 35 heavy (non-hydrogen) atoms. The van der Waals surface area contributed by atoms with Crippen LogP contribution in [0.4, 0.5) is 5.13 Å². The van der Waals surface area contributed by atoms with Gasteiger partial charge in [0.2, 0.25) is 5.13 Å². The molecule has 2 fully saturated rings. The van der Waals surface area contributed by atoms with Crippen LogP contribution in [-0.4, -0.2) is 22.4 Å². The summed E-state index contributed by atoms with van der Waals surface area (Å²) in [5.74, 6) is 2.18. The van der Waals surface area contributed by atoms with Gasteiger partial charge in [-0.3, -0.25) is 0 Å². The molecule has 4 aliphatic rings. The monoisotopic (exact) mass is 482 g/mol. The van der Waals surface area contributed by atoms with E-state index in [4.69, 9.17) is 9.98 Å². The van der Waals surface area contributed by atoms with Gasteiger partial charge in [-0.15, -0.1) is 0 Å². The number of fused-ring (bicyclic) bond motifs is 8. The fourth-order valence-corrected chi connectivity index (χ4v) is 9.40. The number of benzene rings is 2. The van der Waals surface area contributed by atoms with Gasteiger partial charge in [0, 0.05) is 22.1 Å². The summed E-state index contributed by atoms with van der Waals surface area (Å²) in [4.78, 5) is 11.5. The van der Waals surface area contributed by atoms with Crippen molar-refractivity contribution < 1.29 is 5.11 Å². The van der Waals surface area contributed by atoms with E-state index in [0.29, 0.717) is 11.3 Å². The summed E-state index contributed by atoms with van der Waals surface area (Å²) >= 11 is 1.82. The lowest BCUT2D eigenvalue weighted by Gasteiger charge is -2.57. The van der Waals surface area contributed by atoms with E-state index in [-0.39, 0.29) is 11.5 Å². The van der Waals surface area contributed by atoms with Crippen LogP contribution in [0.25, 0.3) is 10.8 Å². The Morgan fingerprint density at radius 2 is 1.83 bits per heavy atom. The largest absolute Gasteiger partial charge is 0.393 e. The number of aliphatic imine (C=N–C) groups is 1. The molecule has 3 unspecified atom stereocenters. The third-order valence-corrected chi connectivity index (χ3v) is 11.2. The molecule has 0 spiro atoms. The van der Waals surface area contributed by atoms with Gasteiger partial charge in [-0.25, -0.2) is 9.98 Å². The Morgan fingerprint density at radius 3 is 2.74 bits per heavy atom. The second-order valence-electron chi connectivity index (χ2n) is 11.9. The van der Waals surface area contributed by atoms with E-state index < -0.39 is 0 Å². The number of nitrogens with zero attached hydrogens (tertiary/aromatic N) is 2. The summed E-state index contributed by atoms with van der Waals surface area (Å²) in [5.41, 5.74) is 4.52. The van der Waals surface area contributed by atoms with Gasteiger partial charge >= 0.3 is 0 Å². The van der Waals surface area contributed by atoms with E-state index in [2.05, 4.69) is 62.4 Å². The van der Waals surface area contributed by atoms with Crippen molar-refractivity contribution in [1.82, 2.24) is 4.98 Å². The van der Waals surface area contributed by atoms with E-state index in [0.717, 1.165) is 48.2 Å². The number of hydrogen-bond acceptors (Lipinski definition) is 4. The number of allylic oxidation sites excluding steroid dienone is 1. The number of hydrogen-bond donors (Lipinski definition) is 1. The number of aliphatic hydroxyl groups excluding tert-OH is 1. The molecule has 0 saturated heterocycles. The SMILES string of the molecule is C[C@]12CC[C@H](O)CC1=CCC1C2CC[C@]2(C)c3nc(/N=C/c4cccc5ccccc45)sc3CC12. The fraction of sp³-hybridized carbons (Fsp3) is 0.484. The van der Waals surface area contributed by atoms with Gasteiger partial charge in [-0.05, 0) is 78.9 Å². The highest BCUT2D eigenvalue weighted by Crippen LogP contribution is 2.64. The Morgan fingerprint density at radius 1 is 1.00 bits per heavy atom. The first kappa shape index (κ1) is 21.9. The molecular formula is C31H34N2OS. The maximum absolute atomic E-state index is 10.3. The molecule has 0 aliphatic heterocycles. The molecule has 4 heteroatoms. The van der Waals surface area contributed by atoms with Crippen LogP contribution in [0.2, 0.25) is 0 Å². The maximum atomic E-state index is 10.3. The second kappa shape index (κ2) is 7.85. The van der Waals surface area contributed by atoms with Gasteiger partial charge in [-0.2, -0.15) is 0 Å². The Bertz CT molecular complexity index is 1370. The van der Waals surface area contributed by atoms with Crippen LogP contribution in [0.5, 0.6) is 0 Å². The molecule has 3 aromatic rings. The molecule has 180 valence electrons. The molecule has 7 rings (SSSR count). The summed E-state index contributed by atoms with van der Waals surface area (Å²) in [6.07, 6.45) is 12.3. The van der Waals surface area contributed by atoms with Gasteiger partial charge in [0.25, 0.3) is 0 Å². The lowest BCUT2D eigenvalue weighted by Crippen LogP contribution is -2.51. The Kier molecular flexibility index (Phi) is 4.92. The van der Waals surface area contributed by atoms with Crippen LogP contribution in [0.15, 0.2) is 59.1 Å². The maximum Gasteiger partial charge on any atom is 0.209 e. The summed E-state index contributed by atoms with van der Waals surface area (Å²) in [6, 6.07) is 14.9. The van der Waals surface area contributed by atoms with E-state index >= 15 is 0 Å². The van der Waals surface area contributed by atoms with Crippen LogP contribution in [0.3, 0.4) is 0 Å². The number of aliphatic hydroxyl groups is 1. The molecule has 0 amide bonds. The predicted molar refractivity (Wildman–Crippen MR) is 145 cm³/mol. The number of aromatic nitrogens is 1. The molecule has 0 bridgehead atoms. The van der Waals surface area contributed by atoms with Crippen LogP contribution >= 0.6 is 11.3 Å². The Labute approximate surface area is 212 Å². The minimum Gasteiger partial charge on any atom is -0.393 e. The summed E-state index contributed by atoms with van der Waals surface area (Å²) in [5, 5.41) is 13.7. The lowest BCUT2D eigenvalue weighted by molar-refractivity contribution is -0.0169. The fourth-order valence-electron chi connectivity index (χ4n) is 8.30. The Hall–Kier alpha value is -2.30. The third-order valence-electron chi connectivity index (χ3n) is 10.2. The highest BCUT2D eigenvalue weighted by Gasteiger charge is 2.58. The van der Waals surface area contributed by atoms with Crippen molar-refractivity contribution in [3.8, 4) is 0 Å². The van der Waals surface area contributed by atoms with E-state index in [1.165, 1.54) is 40.6 Å². The lowest BCUT2D eigenvalue weighted by atomic mass is 9.48. The molecule has 6 atom stereocenters. The summed E-state index contributed by atoms with van der Waals surface area (Å²) in [6.45, 7) is 5.00. The van der Waals surface area contributed by atoms with Crippen molar-refractivity contribution in [3.63, 3.8) is 0 Å². The first-order valence-corrected chi connectivity index (χ1v) is 14.2. The first-order valence-electron chi connectivity index (χ1n) is 13.4. The topological polar surface area (TPSA) is 45.5 Å². The molecule has 1 heterocycles. The molecule has 2 aromatic carbocycles. The molecule has 3 nitrogen and oxygen atoms in total. The predicted octanol–water partition coefficient (Wildman–Crippen LogP) is 7.38. The van der Waals surface area contributed by atoms with Gasteiger partial charge < -0.3 is 5.11 Å². The average Bonchev–Trinajstić information content (AvgIpc) is 3.40. The van der Waals surface area contributed by atoms with Crippen molar-refractivity contribution in [2.45, 2.75) is 70.3 Å². The molecule has 1 N–H and O–H groups in total. The van der Waals surface area contributed by atoms with Gasteiger partial charge in [0.1, 0.15) is 0 Å².